The standard InChI is InChI=1S/C22H27NO6/c1-21(2,3)28-20(27)29-22(16-24,19(25)26)23(14-17-10-6-4-7-11-17)15-18-12-8-5-9-13-18/h4-13,24H,14-16H2,1-3H3,(H,25,26)/t22-/m0/s1. The van der Waals surface area contributed by atoms with E-state index in [0.29, 0.717) is 0 Å². The molecule has 29 heavy (non-hydrogen) atoms. The lowest BCUT2D eigenvalue weighted by atomic mass is 10.1. The number of hydrogen-bond acceptors (Lipinski definition) is 6. The zero-order valence-electron chi connectivity index (χ0n) is 16.9. The van der Waals surface area contributed by atoms with Crippen molar-refractivity contribution < 1.29 is 29.3 Å². The Morgan fingerprint density at radius 2 is 1.31 bits per heavy atom. The number of aliphatic hydroxyl groups excluding tert-OH is 1. The highest BCUT2D eigenvalue weighted by Gasteiger charge is 2.49. The summed E-state index contributed by atoms with van der Waals surface area (Å²) < 4.78 is 10.4. The van der Waals surface area contributed by atoms with Crippen LogP contribution in [0.2, 0.25) is 0 Å². The maximum Gasteiger partial charge on any atom is 0.511 e. The molecule has 0 spiro atoms. The van der Waals surface area contributed by atoms with Gasteiger partial charge in [0.05, 0.1) is 0 Å². The van der Waals surface area contributed by atoms with Gasteiger partial charge in [-0.2, -0.15) is 0 Å². The maximum atomic E-state index is 12.3. The predicted octanol–water partition coefficient (Wildman–Crippen LogP) is 3.41. The van der Waals surface area contributed by atoms with Crippen molar-refractivity contribution >= 4 is 12.1 Å². The fraction of sp³-hybridized carbons (Fsp3) is 0.364. The largest absolute Gasteiger partial charge is 0.511 e. The van der Waals surface area contributed by atoms with Crippen LogP contribution in [0.4, 0.5) is 4.79 Å². The second-order valence-corrected chi connectivity index (χ2v) is 7.64. The van der Waals surface area contributed by atoms with E-state index in [4.69, 9.17) is 9.47 Å². The van der Waals surface area contributed by atoms with Gasteiger partial charge in [-0.05, 0) is 31.9 Å². The molecular weight excluding hydrogens is 374 g/mol. The number of rotatable bonds is 8. The summed E-state index contributed by atoms with van der Waals surface area (Å²) in [5.41, 5.74) is -1.58. The highest BCUT2D eigenvalue weighted by Crippen LogP contribution is 2.25. The lowest BCUT2D eigenvalue weighted by molar-refractivity contribution is -0.204. The van der Waals surface area contributed by atoms with Gasteiger partial charge in [-0.1, -0.05) is 60.7 Å². The predicted molar refractivity (Wildman–Crippen MR) is 107 cm³/mol. The zero-order chi connectivity index (χ0) is 21.5. The number of hydrogen-bond donors (Lipinski definition) is 2. The normalized spacial score (nSPS) is 13.6. The minimum atomic E-state index is -2.31. The molecule has 0 bridgehead atoms. The fourth-order valence-corrected chi connectivity index (χ4v) is 2.77. The first-order valence-corrected chi connectivity index (χ1v) is 9.25. The molecule has 0 aliphatic heterocycles. The van der Waals surface area contributed by atoms with Crippen LogP contribution in [-0.4, -0.2) is 45.2 Å². The van der Waals surface area contributed by atoms with Gasteiger partial charge in [-0.15, -0.1) is 0 Å². The molecule has 0 unspecified atom stereocenters. The van der Waals surface area contributed by atoms with Crippen LogP contribution in [0.25, 0.3) is 0 Å². The van der Waals surface area contributed by atoms with Crippen molar-refractivity contribution in [1.82, 2.24) is 4.90 Å². The van der Waals surface area contributed by atoms with Crippen LogP contribution in [-0.2, 0) is 27.4 Å². The van der Waals surface area contributed by atoms with Crippen LogP contribution in [0.3, 0.4) is 0 Å². The lowest BCUT2D eigenvalue weighted by Gasteiger charge is -2.38. The molecular formula is C22H27NO6. The molecule has 0 aliphatic carbocycles. The van der Waals surface area contributed by atoms with E-state index in [-0.39, 0.29) is 13.1 Å². The SMILES string of the molecule is CC(C)(C)OC(=O)O[C@@](CO)(C(=O)O)N(Cc1ccccc1)Cc1ccccc1. The van der Waals surface area contributed by atoms with E-state index < -0.39 is 30.1 Å². The summed E-state index contributed by atoms with van der Waals surface area (Å²) in [7, 11) is 0. The van der Waals surface area contributed by atoms with Gasteiger partial charge in [-0.25, -0.2) is 14.5 Å². The fourth-order valence-electron chi connectivity index (χ4n) is 2.77. The molecule has 2 aromatic carbocycles. The Kier molecular flexibility index (Phi) is 7.36. The first-order valence-electron chi connectivity index (χ1n) is 9.25. The molecule has 0 heterocycles. The number of aliphatic carboxylic acids is 1. The van der Waals surface area contributed by atoms with E-state index in [0.717, 1.165) is 11.1 Å². The molecule has 2 rings (SSSR count). The van der Waals surface area contributed by atoms with Crippen LogP contribution in [0.5, 0.6) is 0 Å². The molecule has 0 radical (unpaired) electrons. The van der Waals surface area contributed by atoms with Gasteiger partial charge in [0, 0.05) is 13.1 Å². The third-order valence-electron chi connectivity index (χ3n) is 4.13. The van der Waals surface area contributed by atoms with Crippen molar-refractivity contribution in [2.24, 2.45) is 0 Å². The number of benzene rings is 2. The summed E-state index contributed by atoms with van der Waals surface area (Å²) in [6.45, 7) is 4.24. The summed E-state index contributed by atoms with van der Waals surface area (Å²) in [4.78, 5) is 25.9. The number of carbonyl (C=O) groups is 2. The number of ether oxygens (including phenoxy) is 2. The monoisotopic (exact) mass is 401 g/mol. The zero-order valence-corrected chi connectivity index (χ0v) is 16.9. The van der Waals surface area contributed by atoms with Gasteiger partial charge in [-0.3, -0.25) is 0 Å². The maximum absolute atomic E-state index is 12.3. The van der Waals surface area contributed by atoms with Crippen LogP contribution < -0.4 is 0 Å². The minimum absolute atomic E-state index is 0.130. The lowest BCUT2D eigenvalue weighted by Crippen LogP contribution is -2.59. The van der Waals surface area contributed by atoms with Gasteiger partial charge in [0.2, 0.25) is 0 Å². The van der Waals surface area contributed by atoms with Gasteiger partial charge in [0.25, 0.3) is 5.72 Å². The molecule has 0 aliphatic rings. The quantitative estimate of drug-likeness (QED) is 0.517. The molecule has 2 aromatic rings. The number of nitrogens with zero attached hydrogens (tertiary/aromatic N) is 1. The van der Waals surface area contributed by atoms with E-state index in [1.54, 1.807) is 20.8 Å². The van der Waals surface area contributed by atoms with Gasteiger partial charge >= 0.3 is 12.1 Å². The smallest absolute Gasteiger partial charge is 0.477 e. The molecule has 0 aromatic heterocycles. The van der Waals surface area contributed by atoms with Crippen LogP contribution in [0, 0.1) is 0 Å². The number of carbonyl (C=O) groups excluding carboxylic acids is 1. The van der Waals surface area contributed by atoms with Crippen LogP contribution >= 0.6 is 0 Å². The van der Waals surface area contributed by atoms with Gasteiger partial charge < -0.3 is 19.7 Å². The van der Waals surface area contributed by atoms with Gasteiger partial charge in [0.15, 0.2) is 0 Å². The van der Waals surface area contributed by atoms with Crippen LogP contribution in [0.1, 0.15) is 31.9 Å². The van der Waals surface area contributed by atoms with Crippen molar-refractivity contribution in [3.63, 3.8) is 0 Å². The van der Waals surface area contributed by atoms with Crippen molar-refractivity contribution in [2.45, 2.75) is 45.2 Å². The van der Waals surface area contributed by atoms with E-state index in [1.165, 1.54) is 4.90 Å². The van der Waals surface area contributed by atoms with Crippen molar-refractivity contribution in [3.8, 4) is 0 Å². The van der Waals surface area contributed by atoms with Crippen molar-refractivity contribution in [1.29, 1.82) is 0 Å². The first kappa shape index (κ1) is 22.4. The molecule has 0 fully saturated rings. The average Bonchev–Trinajstić information content (AvgIpc) is 2.65. The molecule has 7 heteroatoms. The van der Waals surface area contributed by atoms with E-state index in [2.05, 4.69) is 0 Å². The topological polar surface area (TPSA) is 96.3 Å². The van der Waals surface area contributed by atoms with Gasteiger partial charge in [0.1, 0.15) is 12.2 Å². The molecule has 0 amide bonds. The van der Waals surface area contributed by atoms with Crippen molar-refractivity contribution in [2.75, 3.05) is 6.61 Å². The van der Waals surface area contributed by atoms with E-state index >= 15 is 0 Å². The second-order valence-electron chi connectivity index (χ2n) is 7.64. The third-order valence-corrected chi connectivity index (χ3v) is 4.13. The Morgan fingerprint density at radius 1 is 0.862 bits per heavy atom. The van der Waals surface area contributed by atoms with E-state index in [1.807, 2.05) is 60.7 Å². The number of carboxylic acids is 1. The Labute approximate surface area is 170 Å². The Hall–Kier alpha value is -2.90. The summed E-state index contributed by atoms with van der Waals surface area (Å²) >= 11 is 0. The molecule has 2 N–H and O–H groups in total. The molecule has 7 nitrogen and oxygen atoms in total. The number of aliphatic hydroxyl groups is 1. The first-order chi connectivity index (χ1) is 13.7. The summed E-state index contributed by atoms with van der Waals surface area (Å²) in [5, 5.41) is 20.0. The Balaban J connectivity index is 2.41. The summed E-state index contributed by atoms with van der Waals surface area (Å²) in [5.74, 6) is -1.49. The molecule has 1 atom stereocenters. The molecule has 0 saturated carbocycles. The summed E-state index contributed by atoms with van der Waals surface area (Å²) in [6.07, 6.45) is -1.17. The minimum Gasteiger partial charge on any atom is -0.477 e. The molecule has 0 saturated heterocycles. The summed E-state index contributed by atoms with van der Waals surface area (Å²) in [6, 6.07) is 18.3. The second kappa shape index (κ2) is 9.54. The Morgan fingerprint density at radius 3 is 1.66 bits per heavy atom. The third kappa shape index (κ3) is 6.30. The van der Waals surface area contributed by atoms with Crippen LogP contribution in [0.15, 0.2) is 60.7 Å². The number of carboxylic acid groups (broad SMARTS) is 1. The highest BCUT2D eigenvalue weighted by molar-refractivity contribution is 5.80. The van der Waals surface area contributed by atoms with E-state index in [9.17, 15) is 19.8 Å². The van der Waals surface area contributed by atoms with Crippen molar-refractivity contribution in [3.05, 3.63) is 71.8 Å². The Bertz CT molecular complexity index is 762. The average molecular weight is 401 g/mol. The molecule has 156 valence electrons. The highest BCUT2D eigenvalue weighted by atomic mass is 16.8.